The monoisotopic (exact) mass is 507 g/mol. The van der Waals surface area contributed by atoms with Gasteiger partial charge >= 0.3 is 0 Å². The van der Waals surface area contributed by atoms with Gasteiger partial charge in [0.2, 0.25) is 0 Å². The van der Waals surface area contributed by atoms with Crippen LogP contribution in [0.1, 0.15) is 58.5 Å². The van der Waals surface area contributed by atoms with E-state index in [0.29, 0.717) is 17.9 Å². The molecule has 6 heteroatoms. The third-order valence-corrected chi connectivity index (χ3v) is 7.82. The zero-order chi connectivity index (χ0) is 26.2. The van der Waals surface area contributed by atoms with E-state index in [-0.39, 0.29) is 17.8 Å². The summed E-state index contributed by atoms with van der Waals surface area (Å²) in [5.74, 6) is 0.671. The minimum Gasteiger partial charge on any atom is -0.393 e. The molecule has 3 aromatic carbocycles. The number of aliphatic hydroxyl groups is 1. The number of aromatic nitrogens is 1. The molecule has 2 aliphatic rings. The van der Waals surface area contributed by atoms with Crippen LogP contribution in [-0.4, -0.2) is 40.6 Å². The van der Waals surface area contributed by atoms with Gasteiger partial charge in [-0.2, -0.15) is 0 Å². The minimum atomic E-state index is -0.206. The predicted molar refractivity (Wildman–Crippen MR) is 152 cm³/mol. The van der Waals surface area contributed by atoms with Crippen molar-refractivity contribution >= 4 is 34.0 Å². The highest BCUT2D eigenvalue weighted by Gasteiger charge is 2.25. The molecule has 2 fully saturated rings. The van der Waals surface area contributed by atoms with E-state index in [4.69, 9.17) is 0 Å². The summed E-state index contributed by atoms with van der Waals surface area (Å²) in [6, 6.07) is 23.6. The quantitative estimate of drug-likeness (QED) is 0.295. The summed E-state index contributed by atoms with van der Waals surface area (Å²) in [6.45, 7) is 3.72. The molecule has 1 saturated carbocycles. The molecule has 2 heterocycles. The largest absolute Gasteiger partial charge is 0.393 e. The lowest BCUT2D eigenvalue weighted by molar-refractivity contribution is 0.0974. The normalized spacial score (nSPS) is 16.1. The Labute approximate surface area is 222 Å². The van der Waals surface area contributed by atoms with E-state index in [1.54, 1.807) is 0 Å². The third-order valence-electron chi connectivity index (χ3n) is 7.82. The summed E-state index contributed by atoms with van der Waals surface area (Å²) in [5, 5.41) is 13.8. The van der Waals surface area contributed by atoms with Gasteiger partial charge in [0.1, 0.15) is 0 Å². The van der Waals surface area contributed by atoms with Gasteiger partial charge in [0.25, 0.3) is 5.91 Å². The molecule has 2 N–H and O–H groups in total. The minimum absolute atomic E-state index is 0.146. The lowest BCUT2D eigenvalue weighted by Gasteiger charge is -2.31. The summed E-state index contributed by atoms with van der Waals surface area (Å²) in [6.07, 6.45) is 4.36. The lowest BCUT2D eigenvalue weighted by Crippen LogP contribution is -2.35. The van der Waals surface area contributed by atoms with Gasteiger partial charge in [0.05, 0.1) is 11.6 Å². The van der Waals surface area contributed by atoms with Crippen molar-refractivity contribution in [1.82, 2.24) is 4.57 Å². The van der Waals surface area contributed by atoms with E-state index in [1.807, 2.05) is 66.7 Å². The maximum atomic E-state index is 12.9. The number of fused-ring (bicyclic) bond motifs is 1. The van der Waals surface area contributed by atoms with Gasteiger partial charge in [-0.3, -0.25) is 9.59 Å². The molecule has 4 aromatic rings. The van der Waals surface area contributed by atoms with Crippen LogP contribution in [0.4, 0.5) is 11.4 Å². The number of ketones is 1. The van der Waals surface area contributed by atoms with Gasteiger partial charge < -0.3 is 19.9 Å². The van der Waals surface area contributed by atoms with Crippen LogP contribution in [-0.2, 0) is 0 Å². The standard InChI is InChI=1S/C32H33N3O3/c1-21-18-25-20-26(33-32(38)24-6-9-27(10-7-24)34-16-14-29(36)15-17-34)8-13-30(25)35(21)28-11-4-23(5-12-28)31(37)19-22-2-3-22/h4-13,18,20,22,29,36H,2-3,14-17,19H2,1H3,(H,33,38). The van der Waals surface area contributed by atoms with E-state index in [1.165, 1.54) is 12.8 Å². The summed E-state index contributed by atoms with van der Waals surface area (Å²) in [7, 11) is 0. The number of carbonyl (C=O) groups is 2. The molecule has 0 spiro atoms. The number of aryl methyl sites for hydroxylation is 1. The molecular formula is C32H33N3O3. The number of amides is 1. The number of piperidine rings is 1. The number of nitrogens with one attached hydrogen (secondary N) is 1. The van der Waals surface area contributed by atoms with E-state index in [2.05, 4.69) is 27.8 Å². The molecule has 6 rings (SSSR count). The van der Waals surface area contributed by atoms with Gasteiger partial charge in [0.15, 0.2) is 5.78 Å². The number of carbonyl (C=O) groups excluding carboxylic acids is 2. The molecule has 6 nitrogen and oxygen atoms in total. The molecule has 0 radical (unpaired) electrons. The maximum Gasteiger partial charge on any atom is 0.255 e. The highest BCUT2D eigenvalue weighted by atomic mass is 16.3. The molecule has 0 atom stereocenters. The van der Waals surface area contributed by atoms with Gasteiger partial charge in [-0.1, -0.05) is 0 Å². The van der Waals surface area contributed by atoms with Crippen LogP contribution in [0.2, 0.25) is 0 Å². The Morgan fingerprint density at radius 1 is 0.842 bits per heavy atom. The molecule has 1 saturated heterocycles. The third kappa shape index (κ3) is 5.09. The van der Waals surface area contributed by atoms with Gasteiger partial charge in [-0.05, 0) is 111 Å². The fourth-order valence-electron chi connectivity index (χ4n) is 5.42. The highest BCUT2D eigenvalue weighted by Crippen LogP contribution is 2.34. The first kappa shape index (κ1) is 24.4. The Hall–Kier alpha value is -3.90. The van der Waals surface area contributed by atoms with Crippen molar-refractivity contribution in [1.29, 1.82) is 0 Å². The number of nitrogens with zero attached hydrogens (tertiary/aromatic N) is 2. The van der Waals surface area contributed by atoms with E-state index < -0.39 is 0 Å². The van der Waals surface area contributed by atoms with Crippen LogP contribution in [0.3, 0.4) is 0 Å². The summed E-state index contributed by atoms with van der Waals surface area (Å²) in [5.41, 5.74) is 6.36. The number of rotatable bonds is 7. The number of hydrogen-bond acceptors (Lipinski definition) is 4. The first-order valence-corrected chi connectivity index (χ1v) is 13.5. The average Bonchev–Trinajstić information content (AvgIpc) is 3.68. The lowest BCUT2D eigenvalue weighted by atomic mass is 10.1. The molecule has 1 aromatic heterocycles. The van der Waals surface area contributed by atoms with E-state index in [9.17, 15) is 14.7 Å². The van der Waals surface area contributed by atoms with Crippen LogP contribution in [0, 0.1) is 12.8 Å². The molecule has 38 heavy (non-hydrogen) atoms. The Balaban J connectivity index is 1.16. The second-order valence-corrected chi connectivity index (χ2v) is 10.7. The van der Waals surface area contributed by atoms with Crippen molar-refractivity contribution in [3.63, 3.8) is 0 Å². The number of benzene rings is 3. The first-order chi connectivity index (χ1) is 18.4. The number of aliphatic hydroxyl groups excluding tert-OH is 1. The Morgan fingerprint density at radius 3 is 2.18 bits per heavy atom. The van der Waals surface area contributed by atoms with Crippen molar-refractivity contribution in [2.75, 3.05) is 23.3 Å². The Bertz CT molecular complexity index is 1480. The van der Waals surface area contributed by atoms with Crippen molar-refractivity contribution in [2.24, 2.45) is 5.92 Å². The Morgan fingerprint density at radius 2 is 1.50 bits per heavy atom. The van der Waals surface area contributed by atoms with Gasteiger partial charge in [-0.25, -0.2) is 0 Å². The second-order valence-electron chi connectivity index (χ2n) is 10.7. The van der Waals surface area contributed by atoms with Gasteiger partial charge in [0, 0.05) is 58.8 Å². The van der Waals surface area contributed by atoms with Gasteiger partial charge in [-0.15, -0.1) is 0 Å². The van der Waals surface area contributed by atoms with Crippen LogP contribution >= 0.6 is 0 Å². The molecule has 1 amide bonds. The van der Waals surface area contributed by atoms with Crippen molar-refractivity contribution in [2.45, 2.75) is 45.1 Å². The first-order valence-electron chi connectivity index (χ1n) is 13.5. The topological polar surface area (TPSA) is 74.6 Å². The Kier molecular flexibility index (Phi) is 6.50. The molecule has 1 aliphatic heterocycles. The smallest absolute Gasteiger partial charge is 0.255 e. The van der Waals surface area contributed by atoms with E-state index >= 15 is 0 Å². The molecule has 194 valence electrons. The summed E-state index contributed by atoms with van der Waals surface area (Å²) >= 11 is 0. The zero-order valence-corrected chi connectivity index (χ0v) is 21.7. The fraction of sp³-hybridized carbons (Fsp3) is 0.312. The predicted octanol–water partition coefficient (Wildman–Crippen LogP) is 6.14. The number of Topliss-reactive ketones (excluding diaryl/α,β-unsaturated/α-hetero) is 1. The zero-order valence-electron chi connectivity index (χ0n) is 21.7. The fourth-order valence-corrected chi connectivity index (χ4v) is 5.42. The molecule has 0 bridgehead atoms. The van der Waals surface area contributed by atoms with Crippen molar-refractivity contribution in [3.8, 4) is 5.69 Å². The van der Waals surface area contributed by atoms with E-state index in [0.717, 1.165) is 65.2 Å². The second kappa shape index (κ2) is 10.1. The van der Waals surface area contributed by atoms with Crippen LogP contribution < -0.4 is 10.2 Å². The number of anilines is 2. The molecular weight excluding hydrogens is 474 g/mol. The molecule has 1 aliphatic carbocycles. The maximum absolute atomic E-state index is 12.9. The van der Waals surface area contributed by atoms with Crippen LogP contribution in [0.5, 0.6) is 0 Å². The summed E-state index contributed by atoms with van der Waals surface area (Å²) in [4.78, 5) is 27.6. The molecule has 0 unspecified atom stereocenters. The number of hydrogen-bond donors (Lipinski definition) is 2. The van der Waals surface area contributed by atoms with Crippen LogP contribution in [0.25, 0.3) is 16.6 Å². The van der Waals surface area contributed by atoms with Crippen molar-refractivity contribution < 1.29 is 14.7 Å². The highest BCUT2D eigenvalue weighted by molar-refractivity contribution is 6.05. The SMILES string of the molecule is Cc1cc2cc(NC(=O)c3ccc(N4CCC(O)CC4)cc3)ccc2n1-c1ccc(C(=O)CC2CC2)cc1. The average molecular weight is 508 g/mol. The van der Waals surface area contributed by atoms with Crippen LogP contribution in [0.15, 0.2) is 72.8 Å². The summed E-state index contributed by atoms with van der Waals surface area (Å²) < 4.78 is 2.17. The van der Waals surface area contributed by atoms with Crippen molar-refractivity contribution in [3.05, 3.63) is 89.6 Å².